The molecule has 1 aliphatic carbocycles. The third-order valence-corrected chi connectivity index (χ3v) is 6.66. The summed E-state index contributed by atoms with van der Waals surface area (Å²) < 4.78 is 58.5. The molecule has 1 amide bonds. The smallest absolute Gasteiger partial charge is 0.417 e. The number of nitrogens with one attached hydrogen (secondary N) is 1. The molecule has 0 spiro atoms. The van der Waals surface area contributed by atoms with Crippen molar-refractivity contribution in [3.05, 3.63) is 87.6 Å². The Kier molecular flexibility index (Phi) is 7.10. The van der Waals surface area contributed by atoms with Gasteiger partial charge in [-0.2, -0.15) is 23.0 Å². The highest BCUT2D eigenvalue weighted by atomic mass is 35.5. The molecule has 3 aromatic rings. The largest absolute Gasteiger partial charge is 0.478 e. The van der Waals surface area contributed by atoms with Gasteiger partial charge < -0.3 is 10.4 Å². The van der Waals surface area contributed by atoms with E-state index in [1.54, 1.807) is 0 Å². The Bertz CT molecular complexity index is 1630. The molecule has 39 heavy (non-hydrogen) atoms. The number of carbonyl (C=O) groups is 3. The van der Waals surface area contributed by atoms with Crippen molar-refractivity contribution in [2.24, 2.45) is 5.92 Å². The number of aromatic nitrogens is 2. The zero-order valence-electron chi connectivity index (χ0n) is 20.0. The number of hydrogen-bond acceptors (Lipinski definition) is 4. The zero-order valence-corrected chi connectivity index (χ0v) is 20.8. The van der Waals surface area contributed by atoms with Crippen LogP contribution in [0.4, 0.5) is 17.6 Å². The normalized spacial score (nSPS) is 18.9. The second kappa shape index (κ2) is 10.0. The number of hydrogen-bond donors (Lipinski definition) is 2. The summed E-state index contributed by atoms with van der Waals surface area (Å²) in [4.78, 5) is 37.8. The third kappa shape index (κ3) is 4.79. The number of halogens is 5. The lowest BCUT2D eigenvalue weighted by Gasteiger charge is -2.30. The first-order valence-electron chi connectivity index (χ1n) is 11.3. The molecule has 0 aliphatic heterocycles. The van der Waals surface area contributed by atoms with Crippen molar-refractivity contribution in [1.82, 2.24) is 15.1 Å². The highest BCUT2D eigenvalue weighted by Crippen LogP contribution is 2.44. The quantitative estimate of drug-likeness (QED) is 0.333. The number of terminal acetylenes is 1. The van der Waals surface area contributed by atoms with Gasteiger partial charge in [0.15, 0.2) is 5.67 Å². The number of alkyl halides is 4. The molecule has 0 bridgehead atoms. The minimum Gasteiger partial charge on any atom is -0.478 e. The van der Waals surface area contributed by atoms with E-state index in [4.69, 9.17) is 18.0 Å². The second-order valence-corrected chi connectivity index (χ2v) is 9.03. The molecule has 0 fully saturated rings. The van der Waals surface area contributed by atoms with Gasteiger partial charge in [0.25, 0.3) is 11.8 Å². The first kappa shape index (κ1) is 27.6. The number of nitrogens with zero attached hydrogens (tertiary/aromatic N) is 2. The summed E-state index contributed by atoms with van der Waals surface area (Å²) in [6.07, 6.45) is 3.62. The van der Waals surface area contributed by atoms with E-state index < -0.39 is 57.4 Å². The maximum absolute atomic E-state index is 16.6. The Morgan fingerprint density at radius 1 is 1.26 bits per heavy atom. The van der Waals surface area contributed by atoms with Gasteiger partial charge in [0.05, 0.1) is 28.2 Å². The number of rotatable bonds is 5. The Morgan fingerprint density at radius 2 is 1.97 bits per heavy atom. The number of fused-ring (bicyclic) bond motifs is 1. The summed E-state index contributed by atoms with van der Waals surface area (Å²) in [5.41, 5.74) is -5.82. The Balaban J connectivity index is 2.00. The van der Waals surface area contributed by atoms with Gasteiger partial charge in [-0.3, -0.25) is 9.59 Å². The van der Waals surface area contributed by atoms with Crippen LogP contribution in [-0.2, 0) is 16.6 Å². The summed E-state index contributed by atoms with van der Waals surface area (Å²) in [6.45, 7) is 1.17. The van der Waals surface area contributed by atoms with Crippen molar-refractivity contribution >= 4 is 40.3 Å². The summed E-state index contributed by atoms with van der Waals surface area (Å²) >= 11 is 6.03. The van der Waals surface area contributed by atoms with E-state index in [2.05, 4.69) is 16.3 Å². The Labute approximate surface area is 223 Å². The zero-order chi connectivity index (χ0) is 28.7. The van der Waals surface area contributed by atoms with Crippen molar-refractivity contribution in [2.45, 2.75) is 18.8 Å². The van der Waals surface area contributed by atoms with Crippen LogP contribution in [-0.4, -0.2) is 39.2 Å². The molecular formula is C27H18ClF4N3O4. The average molecular weight is 560 g/mol. The molecule has 0 saturated heterocycles. The molecule has 1 aromatic heterocycles. The van der Waals surface area contributed by atoms with Crippen LogP contribution in [0.25, 0.3) is 10.9 Å². The SMILES string of the molecule is C#CCNC(=O)c1ccc2c(C3(F)C=CC=C(C(=O)O)C3C)nn(C(=O)c3c(Cl)cccc3C(F)(F)F)c2c1. The van der Waals surface area contributed by atoms with Crippen LogP contribution < -0.4 is 5.32 Å². The lowest BCUT2D eigenvalue weighted by molar-refractivity contribution is -0.138. The Hall–Kier alpha value is -4.43. The van der Waals surface area contributed by atoms with E-state index in [-0.39, 0.29) is 28.6 Å². The van der Waals surface area contributed by atoms with E-state index in [0.29, 0.717) is 10.7 Å². The van der Waals surface area contributed by atoms with Gasteiger partial charge in [-0.15, -0.1) is 6.42 Å². The number of aliphatic carboxylic acids is 1. The van der Waals surface area contributed by atoms with Gasteiger partial charge in [-0.05, 0) is 36.4 Å². The minimum atomic E-state index is -4.97. The standard InChI is InChI=1S/C27H18ClF4N3O4/c1-3-12-33-23(36)15-9-10-17-20(13-15)35(24(37)21-18(27(30,31)32)7-4-8-19(21)28)34-22(17)26(29)11-5-6-16(14(26)2)25(38)39/h1,4-11,13-14H,12H2,2H3,(H,33,36)(H,38,39). The first-order valence-corrected chi connectivity index (χ1v) is 11.7. The summed E-state index contributed by atoms with van der Waals surface area (Å²) in [5.74, 6) is -2.47. The number of carbonyl (C=O) groups excluding carboxylic acids is 2. The molecule has 1 heterocycles. The predicted octanol–water partition coefficient (Wildman–Crippen LogP) is 5.14. The lowest BCUT2D eigenvalue weighted by Crippen LogP contribution is -2.33. The predicted molar refractivity (Wildman–Crippen MR) is 134 cm³/mol. The number of carboxylic acid groups (broad SMARTS) is 1. The second-order valence-electron chi connectivity index (χ2n) is 8.62. The maximum Gasteiger partial charge on any atom is 0.417 e. The molecule has 1 aliphatic rings. The van der Waals surface area contributed by atoms with Crippen LogP contribution in [0.1, 0.15) is 38.9 Å². The third-order valence-electron chi connectivity index (χ3n) is 6.34. The van der Waals surface area contributed by atoms with E-state index in [1.807, 2.05) is 0 Å². The van der Waals surface area contributed by atoms with Gasteiger partial charge in [0.1, 0.15) is 5.69 Å². The van der Waals surface area contributed by atoms with E-state index in [1.165, 1.54) is 31.2 Å². The van der Waals surface area contributed by atoms with E-state index >= 15 is 4.39 Å². The molecule has 2 unspecified atom stereocenters. The number of carboxylic acids is 1. The van der Waals surface area contributed by atoms with E-state index in [9.17, 15) is 32.7 Å². The van der Waals surface area contributed by atoms with Gasteiger partial charge in [0.2, 0.25) is 0 Å². The lowest BCUT2D eigenvalue weighted by atomic mass is 9.78. The Morgan fingerprint density at radius 3 is 2.62 bits per heavy atom. The van der Waals surface area contributed by atoms with Crippen LogP contribution in [0.15, 0.2) is 60.2 Å². The number of amides is 1. The monoisotopic (exact) mass is 559 g/mol. The summed E-state index contributed by atoms with van der Waals surface area (Å²) in [5, 5.41) is 15.4. The fraction of sp³-hybridized carbons (Fsp3) is 0.185. The van der Waals surface area contributed by atoms with Crippen molar-refractivity contribution in [1.29, 1.82) is 0 Å². The molecule has 200 valence electrons. The molecule has 12 heteroatoms. The molecule has 2 atom stereocenters. The highest BCUT2D eigenvalue weighted by Gasteiger charge is 2.45. The highest BCUT2D eigenvalue weighted by molar-refractivity contribution is 6.34. The van der Waals surface area contributed by atoms with Gasteiger partial charge in [-0.1, -0.05) is 42.7 Å². The van der Waals surface area contributed by atoms with Crippen molar-refractivity contribution in [3.63, 3.8) is 0 Å². The molecular weight excluding hydrogens is 542 g/mol. The van der Waals surface area contributed by atoms with Crippen molar-refractivity contribution in [3.8, 4) is 12.3 Å². The van der Waals surface area contributed by atoms with Crippen LogP contribution in [0.2, 0.25) is 5.02 Å². The summed E-state index contributed by atoms with van der Waals surface area (Å²) in [7, 11) is 0. The first-order chi connectivity index (χ1) is 18.3. The van der Waals surface area contributed by atoms with E-state index in [0.717, 1.165) is 24.3 Å². The topological polar surface area (TPSA) is 101 Å². The molecule has 0 radical (unpaired) electrons. The summed E-state index contributed by atoms with van der Waals surface area (Å²) in [6, 6.07) is 6.48. The van der Waals surface area contributed by atoms with Crippen molar-refractivity contribution in [2.75, 3.05) is 6.54 Å². The molecule has 0 saturated carbocycles. The van der Waals surface area contributed by atoms with Crippen LogP contribution in [0, 0.1) is 18.3 Å². The minimum absolute atomic E-state index is 0.0388. The fourth-order valence-corrected chi connectivity index (χ4v) is 4.61. The molecule has 4 rings (SSSR count). The molecule has 2 N–H and O–H groups in total. The fourth-order valence-electron chi connectivity index (χ4n) is 4.36. The maximum atomic E-state index is 16.6. The van der Waals surface area contributed by atoms with Gasteiger partial charge in [-0.25, -0.2) is 9.18 Å². The number of allylic oxidation sites excluding steroid dienone is 3. The number of benzene rings is 2. The van der Waals surface area contributed by atoms with Crippen molar-refractivity contribution < 1.29 is 37.1 Å². The van der Waals surface area contributed by atoms with Gasteiger partial charge >= 0.3 is 12.1 Å². The van der Waals surface area contributed by atoms with Gasteiger partial charge in [0, 0.05) is 22.4 Å². The van der Waals surface area contributed by atoms with Crippen LogP contribution in [0.5, 0.6) is 0 Å². The van der Waals surface area contributed by atoms with Crippen LogP contribution in [0.3, 0.4) is 0 Å². The molecule has 7 nitrogen and oxygen atoms in total. The average Bonchev–Trinajstić information content (AvgIpc) is 3.27. The van der Waals surface area contributed by atoms with Crippen LogP contribution >= 0.6 is 11.6 Å². The molecule has 2 aromatic carbocycles.